The maximum atomic E-state index is 12.5. The second-order valence-corrected chi connectivity index (χ2v) is 5.92. The van der Waals surface area contributed by atoms with E-state index in [9.17, 15) is 9.59 Å². The first-order chi connectivity index (χ1) is 11.3. The molecular formula is C17H24ClN3O3. The van der Waals surface area contributed by atoms with Crippen LogP contribution >= 0.6 is 12.4 Å². The van der Waals surface area contributed by atoms with Gasteiger partial charge in [-0.3, -0.25) is 9.59 Å². The van der Waals surface area contributed by atoms with Gasteiger partial charge in [-0.05, 0) is 18.6 Å². The molecule has 0 radical (unpaired) electrons. The van der Waals surface area contributed by atoms with Crippen molar-refractivity contribution in [2.75, 3.05) is 45.9 Å². The largest absolute Gasteiger partial charge is 0.378 e. The summed E-state index contributed by atoms with van der Waals surface area (Å²) < 4.78 is 5.37. The lowest BCUT2D eigenvalue weighted by molar-refractivity contribution is -0.136. The van der Waals surface area contributed by atoms with Crippen LogP contribution < -0.4 is 5.32 Å². The summed E-state index contributed by atoms with van der Waals surface area (Å²) in [5.74, 6) is 0.123. The van der Waals surface area contributed by atoms with Gasteiger partial charge in [-0.2, -0.15) is 0 Å². The highest BCUT2D eigenvalue weighted by molar-refractivity contribution is 5.94. The number of nitrogens with zero attached hydrogens (tertiary/aromatic N) is 2. The standard InChI is InChI=1S/C17H23N3O3.ClH/c21-16(14-5-2-1-3-6-14)19-8-4-9-20(11-10-19)17(22)15-13-23-12-7-18-15;/h1-3,5-6,15,18H,4,7-13H2;1H. The average molecular weight is 354 g/mol. The predicted octanol–water partition coefficient (Wildman–Crippen LogP) is 0.771. The fraction of sp³-hybridized carbons (Fsp3) is 0.529. The Kier molecular flexibility index (Phi) is 7.02. The van der Waals surface area contributed by atoms with Gasteiger partial charge in [-0.1, -0.05) is 18.2 Å². The first kappa shape index (κ1) is 18.7. The summed E-state index contributed by atoms with van der Waals surface area (Å²) >= 11 is 0. The Morgan fingerprint density at radius 2 is 1.75 bits per heavy atom. The van der Waals surface area contributed by atoms with Gasteiger partial charge in [0.05, 0.1) is 13.2 Å². The zero-order valence-corrected chi connectivity index (χ0v) is 14.5. The van der Waals surface area contributed by atoms with Crippen LogP contribution in [0, 0.1) is 0 Å². The Bertz CT molecular complexity index is 549. The maximum absolute atomic E-state index is 12.5. The molecule has 3 rings (SSSR count). The summed E-state index contributed by atoms with van der Waals surface area (Å²) in [7, 11) is 0. The minimum absolute atomic E-state index is 0. The fourth-order valence-electron chi connectivity index (χ4n) is 3.05. The number of carbonyl (C=O) groups is 2. The number of halogens is 1. The lowest BCUT2D eigenvalue weighted by Gasteiger charge is -2.29. The third-order valence-corrected chi connectivity index (χ3v) is 4.34. The summed E-state index contributed by atoms with van der Waals surface area (Å²) in [5, 5.41) is 3.20. The molecule has 1 atom stereocenters. The number of rotatable bonds is 2. The van der Waals surface area contributed by atoms with Crippen LogP contribution in [0.25, 0.3) is 0 Å². The highest BCUT2D eigenvalue weighted by Gasteiger charge is 2.28. The maximum Gasteiger partial charge on any atom is 0.253 e. The van der Waals surface area contributed by atoms with E-state index in [1.54, 1.807) is 0 Å². The molecule has 6 nitrogen and oxygen atoms in total. The van der Waals surface area contributed by atoms with E-state index in [-0.39, 0.29) is 30.3 Å². The minimum Gasteiger partial charge on any atom is -0.378 e. The van der Waals surface area contributed by atoms with E-state index in [4.69, 9.17) is 4.74 Å². The first-order valence-electron chi connectivity index (χ1n) is 8.20. The van der Waals surface area contributed by atoms with Crippen molar-refractivity contribution in [3.8, 4) is 0 Å². The zero-order valence-electron chi connectivity index (χ0n) is 13.6. The Hall–Kier alpha value is -1.63. The number of ether oxygens (including phenoxy) is 1. The van der Waals surface area contributed by atoms with Gasteiger partial charge >= 0.3 is 0 Å². The number of benzene rings is 1. The molecule has 0 aromatic heterocycles. The van der Waals surface area contributed by atoms with E-state index in [0.29, 0.717) is 51.5 Å². The molecule has 2 amide bonds. The van der Waals surface area contributed by atoms with Gasteiger partial charge in [0.15, 0.2) is 0 Å². The number of amides is 2. The van der Waals surface area contributed by atoms with Crippen LogP contribution in [0.4, 0.5) is 0 Å². The predicted molar refractivity (Wildman–Crippen MR) is 93.4 cm³/mol. The number of nitrogens with one attached hydrogen (secondary N) is 1. The molecule has 7 heteroatoms. The third kappa shape index (κ3) is 4.47. The van der Waals surface area contributed by atoms with Crippen LogP contribution in [0.1, 0.15) is 16.8 Å². The van der Waals surface area contributed by atoms with Crippen LogP contribution in [0.3, 0.4) is 0 Å². The normalized spacial score (nSPS) is 21.6. The molecule has 2 heterocycles. The third-order valence-electron chi connectivity index (χ3n) is 4.34. The van der Waals surface area contributed by atoms with E-state index in [1.807, 2.05) is 40.1 Å². The van der Waals surface area contributed by atoms with Gasteiger partial charge in [0.25, 0.3) is 5.91 Å². The van der Waals surface area contributed by atoms with Crippen LogP contribution in [-0.4, -0.2) is 73.6 Å². The van der Waals surface area contributed by atoms with Crippen molar-refractivity contribution < 1.29 is 14.3 Å². The number of carbonyl (C=O) groups excluding carboxylic acids is 2. The summed E-state index contributed by atoms with van der Waals surface area (Å²) in [6, 6.07) is 9.06. The molecule has 0 spiro atoms. The second-order valence-electron chi connectivity index (χ2n) is 5.92. The number of hydrogen-bond acceptors (Lipinski definition) is 4. The van der Waals surface area contributed by atoms with Gasteiger partial charge in [-0.15, -0.1) is 12.4 Å². The topological polar surface area (TPSA) is 61.9 Å². The van der Waals surface area contributed by atoms with E-state index in [2.05, 4.69) is 5.32 Å². The van der Waals surface area contributed by atoms with E-state index < -0.39 is 0 Å². The SMILES string of the molecule is Cl.O=C(c1ccccc1)N1CCCN(C(=O)C2COCCN2)CC1. The van der Waals surface area contributed by atoms with Crippen molar-refractivity contribution in [2.24, 2.45) is 0 Å². The summed E-state index contributed by atoms with van der Waals surface area (Å²) in [6.45, 7) is 4.33. The van der Waals surface area contributed by atoms with Crippen molar-refractivity contribution in [1.82, 2.24) is 15.1 Å². The quantitative estimate of drug-likeness (QED) is 0.853. The molecule has 132 valence electrons. The molecule has 2 aliphatic rings. The van der Waals surface area contributed by atoms with Gasteiger partial charge in [0.2, 0.25) is 5.91 Å². The highest BCUT2D eigenvalue weighted by atomic mass is 35.5. The lowest BCUT2D eigenvalue weighted by atomic mass is 10.2. The highest BCUT2D eigenvalue weighted by Crippen LogP contribution is 2.11. The van der Waals surface area contributed by atoms with Crippen LogP contribution in [0.5, 0.6) is 0 Å². The Morgan fingerprint density at radius 1 is 1.04 bits per heavy atom. The number of hydrogen-bond donors (Lipinski definition) is 1. The molecule has 0 aliphatic carbocycles. The zero-order chi connectivity index (χ0) is 16.1. The lowest BCUT2D eigenvalue weighted by Crippen LogP contribution is -2.53. The Labute approximate surface area is 148 Å². The first-order valence-corrected chi connectivity index (χ1v) is 8.20. The molecule has 1 aromatic rings. The Morgan fingerprint density at radius 3 is 2.46 bits per heavy atom. The molecule has 1 unspecified atom stereocenters. The van der Waals surface area contributed by atoms with E-state index in [0.717, 1.165) is 6.42 Å². The molecule has 24 heavy (non-hydrogen) atoms. The van der Waals surface area contributed by atoms with Crippen molar-refractivity contribution in [1.29, 1.82) is 0 Å². The van der Waals surface area contributed by atoms with Crippen molar-refractivity contribution in [3.63, 3.8) is 0 Å². The summed E-state index contributed by atoms with van der Waals surface area (Å²) in [5.41, 5.74) is 0.703. The molecular weight excluding hydrogens is 330 g/mol. The smallest absolute Gasteiger partial charge is 0.253 e. The molecule has 1 aromatic carbocycles. The summed E-state index contributed by atoms with van der Waals surface area (Å²) in [4.78, 5) is 28.7. The Balaban J connectivity index is 0.00000208. The molecule has 1 N–H and O–H groups in total. The monoisotopic (exact) mass is 353 g/mol. The molecule has 2 aliphatic heterocycles. The van der Waals surface area contributed by atoms with Crippen molar-refractivity contribution in [3.05, 3.63) is 35.9 Å². The molecule has 0 saturated carbocycles. The van der Waals surface area contributed by atoms with Gasteiger partial charge < -0.3 is 19.9 Å². The molecule has 2 fully saturated rings. The van der Waals surface area contributed by atoms with Crippen molar-refractivity contribution >= 4 is 24.2 Å². The fourth-order valence-corrected chi connectivity index (χ4v) is 3.05. The average Bonchev–Trinajstić information content (AvgIpc) is 2.88. The molecule has 0 bridgehead atoms. The van der Waals surface area contributed by atoms with Gasteiger partial charge in [0.1, 0.15) is 6.04 Å². The minimum atomic E-state index is -0.250. The van der Waals surface area contributed by atoms with Gasteiger partial charge in [-0.25, -0.2) is 0 Å². The van der Waals surface area contributed by atoms with E-state index >= 15 is 0 Å². The van der Waals surface area contributed by atoms with E-state index in [1.165, 1.54) is 0 Å². The van der Waals surface area contributed by atoms with Crippen molar-refractivity contribution in [2.45, 2.75) is 12.5 Å². The summed E-state index contributed by atoms with van der Waals surface area (Å²) in [6.07, 6.45) is 0.803. The van der Waals surface area contributed by atoms with Gasteiger partial charge in [0, 0.05) is 38.3 Å². The van der Waals surface area contributed by atoms with Crippen LogP contribution in [-0.2, 0) is 9.53 Å². The second kappa shape index (κ2) is 9.01. The van der Waals surface area contributed by atoms with Crippen LogP contribution in [0.15, 0.2) is 30.3 Å². The molecule has 2 saturated heterocycles. The number of morpholine rings is 1. The van der Waals surface area contributed by atoms with Crippen LogP contribution in [0.2, 0.25) is 0 Å².